The number of rotatable bonds is 4. The first-order chi connectivity index (χ1) is 9.39. The van der Waals surface area contributed by atoms with Crippen LogP contribution in [0.5, 0.6) is 11.5 Å². The number of ketones is 1. The fourth-order valence-electron chi connectivity index (χ4n) is 1.33. The van der Waals surface area contributed by atoms with E-state index in [4.69, 9.17) is 11.6 Å². The minimum absolute atomic E-state index is 0.313. The van der Waals surface area contributed by atoms with Gasteiger partial charge in [-0.15, -0.1) is 37.9 Å². The molecule has 21 heavy (non-hydrogen) atoms. The van der Waals surface area contributed by atoms with Crippen LogP contribution >= 0.6 is 11.6 Å². The Kier molecular flexibility index (Phi) is 4.98. The second-order valence-corrected chi connectivity index (χ2v) is 4.39. The summed E-state index contributed by atoms with van der Waals surface area (Å²) >= 11 is 5.45. The predicted octanol–water partition coefficient (Wildman–Crippen LogP) is 4.29. The van der Waals surface area contributed by atoms with Crippen molar-refractivity contribution in [2.45, 2.75) is 25.0 Å². The number of alkyl halides is 7. The highest BCUT2D eigenvalue weighted by Gasteiger charge is 2.35. The van der Waals surface area contributed by atoms with Crippen LogP contribution in [0.3, 0.4) is 0 Å². The van der Waals surface area contributed by atoms with E-state index in [2.05, 4.69) is 9.47 Å². The number of carbonyl (C=O) groups excluding carboxylic acids is 1. The maximum Gasteiger partial charge on any atom is 0.573 e. The Morgan fingerprint density at radius 2 is 1.62 bits per heavy atom. The third kappa shape index (κ3) is 5.70. The van der Waals surface area contributed by atoms with Gasteiger partial charge in [0.05, 0.1) is 10.9 Å². The van der Waals surface area contributed by atoms with Crippen molar-refractivity contribution in [3.63, 3.8) is 0 Å². The topological polar surface area (TPSA) is 35.5 Å². The van der Waals surface area contributed by atoms with Gasteiger partial charge in [-0.3, -0.25) is 4.79 Å². The van der Waals surface area contributed by atoms with E-state index in [1.54, 1.807) is 0 Å². The Morgan fingerprint density at radius 3 is 2.05 bits per heavy atom. The average Bonchev–Trinajstić information content (AvgIpc) is 2.23. The van der Waals surface area contributed by atoms with Gasteiger partial charge in [-0.2, -0.15) is 0 Å². The highest BCUT2D eigenvalue weighted by Crippen LogP contribution is 2.33. The molecular weight excluding hydrogens is 330 g/mol. The van der Waals surface area contributed by atoms with Gasteiger partial charge in [0.25, 0.3) is 0 Å². The Bertz CT molecular complexity index is 524. The second kappa shape index (κ2) is 6.00. The normalized spacial score (nSPS) is 13.7. The zero-order valence-electron chi connectivity index (χ0n) is 10.2. The third-order valence-corrected chi connectivity index (χ3v) is 2.24. The van der Waals surface area contributed by atoms with Crippen LogP contribution in [0.4, 0.5) is 26.3 Å². The Hall–Kier alpha value is -1.64. The van der Waals surface area contributed by atoms with Crippen molar-refractivity contribution in [3.8, 4) is 11.5 Å². The van der Waals surface area contributed by atoms with E-state index < -0.39 is 40.9 Å². The molecule has 0 spiro atoms. The Balaban J connectivity index is 3.23. The molecule has 0 saturated heterocycles. The molecule has 3 nitrogen and oxygen atoms in total. The van der Waals surface area contributed by atoms with Crippen LogP contribution in [0.25, 0.3) is 0 Å². The molecule has 1 atom stereocenters. The quantitative estimate of drug-likeness (QED) is 0.467. The molecule has 1 aromatic carbocycles. The molecule has 0 bridgehead atoms. The largest absolute Gasteiger partial charge is 0.573 e. The zero-order chi connectivity index (χ0) is 16.4. The Labute approximate surface area is 119 Å². The standard InChI is InChI=1S/C11H7ClF6O3/c1-5(12)9(19)7-3-2-6(20-10(13,14)15)4-8(7)21-11(16,17)18/h2-5H,1H3. The first-order valence-electron chi connectivity index (χ1n) is 5.23. The molecule has 0 saturated carbocycles. The fraction of sp³-hybridized carbons (Fsp3) is 0.364. The van der Waals surface area contributed by atoms with E-state index >= 15 is 0 Å². The van der Waals surface area contributed by atoms with Gasteiger partial charge in [0.15, 0.2) is 5.78 Å². The number of hydrogen-bond donors (Lipinski definition) is 0. The van der Waals surface area contributed by atoms with Gasteiger partial charge in [0, 0.05) is 6.07 Å². The van der Waals surface area contributed by atoms with E-state index in [1.165, 1.54) is 6.92 Å². The minimum atomic E-state index is -5.19. The molecule has 0 heterocycles. The summed E-state index contributed by atoms with van der Waals surface area (Å²) in [7, 11) is 0. The Morgan fingerprint density at radius 1 is 1.10 bits per heavy atom. The first-order valence-corrected chi connectivity index (χ1v) is 5.66. The van der Waals surface area contributed by atoms with Gasteiger partial charge in [0.2, 0.25) is 0 Å². The van der Waals surface area contributed by atoms with Crippen LogP contribution in [0.15, 0.2) is 18.2 Å². The molecule has 0 aromatic heterocycles. The molecule has 0 N–H and O–H groups in total. The molecule has 0 aliphatic carbocycles. The molecule has 0 fully saturated rings. The summed E-state index contributed by atoms with van der Waals surface area (Å²) in [5, 5.41) is -1.19. The molecule has 118 valence electrons. The van der Waals surface area contributed by atoms with E-state index in [1.807, 2.05) is 0 Å². The number of benzene rings is 1. The lowest BCUT2D eigenvalue weighted by molar-refractivity contribution is -0.276. The number of Topliss-reactive ketones (excluding diaryl/α,β-unsaturated/α-hetero) is 1. The van der Waals surface area contributed by atoms with Crippen molar-refractivity contribution >= 4 is 17.4 Å². The maximum absolute atomic E-state index is 12.2. The number of halogens is 7. The summed E-state index contributed by atoms with van der Waals surface area (Å²) in [6.45, 7) is 1.20. The van der Waals surface area contributed by atoms with Crippen LogP contribution in [0.2, 0.25) is 0 Å². The van der Waals surface area contributed by atoms with Crippen molar-refractivity contribution < 1.29 is 40.6 Å². The van der Waals surface area contributed by atoms with Crippen LogP contribution in [-0.4, -0.2) is 23.9 Å². The summed E-state index contributed by atoms with van der Waals surface area (Å²) in [5.41, 5.74) is -0.607. The maximum atomic E-state index is 12.2. The van der Waals surface area contributed by atoms with Crippen molar-refractivity contribution in [2.75, 3.05) is 0 Å². The van der Waals surface area contributed by atoms with Crippen LogP contribution in [-0.2, 0) is 0 Å². The second-order valence-electron chi connectivity index (χ2n) is 3.73. The summed E-state index contributed by atoms with van der Waals surface area (Å²) in [5.74, 6) is -3.02. The minimum Gasteiger partial charge on any atom is -0.406 e. The molecule has 0 aliphatic rings. The lowest BCUT2D eigenvalue weighted by Crippen LogP contribution is -2.21. The van der Waals surface area contributed by atoms with Crippen molar-refractivity contribution in [1.82, 2.24) is 0 Å². The lowest BCUT2D eigenvalue weighted by Gasteiger charge is -2.15. The van der Waals surface area contributed by atoms with Crippen LogP contribution in [0.1, 0.15) is 17.3 Å². The van der Waals surface area contributed by atoms with Gasteiger partial charge in [0.1, 0.15) is 11.5 Å². The van der Waals surface area contributed by atoms with Gasteiger partial charge >= 0.3 is 12.7 Å². The first kappa shape index (κ1) is 17.4. The highest BCUT2D eigenvalue weighted by atomic mass is 35.5. The van der Waals surface area contributed by atoms with Crippen molar-refractivity contribution in [1.29, 1.82) is 0 Å². The van der Waals surface area contributed by atoms with Gasteiger partial charge < -0.3 is 9.47 Å². The number of ether oxygens (including phenoxy) is 2. The summed E-state index contributed by atoms with van der Waals surface area (Å²) in [6.07, 6.45) is -10.3. The molecule has 0 amide bonds. The monoisotopic (exact) mass is 336 g/mol. The zero-order valence-corrected chi connectivity index (χ0v) is 10.9. The number of carbonyl (C=O) groups is 1. The van der Waals surface area contributed by atoms with Crippen molar-refractivity contribution in [3.05, 3.63) is 23.8 Å². The average molecular weight is 337 g/mol. The van der Waals surface area contributed by atoms with Gasteiger partial charge in [-0.05, 0) is 19.1 Å². The van der Waals surface area contributed by atoms with E-state index in [-0.39, 0.29) is 0 Å². The molecular formula is C11H7ClF6O3. The fourth-order valence-corrected chi connectivity index (χ4v) is 1.44. The van der Waals surface area contributed by atoms with Gasteiger partial charge in [-0.1, -0.05) is 0 Å². The molecule has 10 heteroatoms. The molecule has 0 radical (unpaired) electrons. The molecule has 1 aromatic rings. The highest BCUT2D eigenvalue weighted by molar-refractivity contribution is 6.33. The van der Waals surface area contributed by atoms with E-state index in [9.17, 15) is 31.1 Å². The molecule has 1 rings (SSSR count). The molecule has 0 aliphatic heterocycles. The molecule has 1 unspecified atom stereocenters. The van der Waals surface area contributed by atoms with E-state index in [0.29, 0.717) is 18.2 Å². The number of hydrogen-bond acceptors (Lipinski definition) is 3. The third-order valence-electron chi connectivity index (χ3n) is 2.04. The summed E-state index contributed by atoms with van der Waals surface area (Å²) < 4.78 is 79.7. The smallest absolute Gasteiger partial charge is 0.406 e. The summed E-state index contributed by atoms with van der Waals surface area (Å²) in [4.78, 5) is 11.6. The predicted molar refractivity (Wildman–Crippen MR) is 59.5 cm³/mol. The summed E-state index contributed by atoms with van der Waals surface area (Å²) in [6, 6.07) is 1.71. The van der Waals surface area contributed by atoms with E-state index in [0.717, 1.165) is 0 Å². The van der Waals surface area contributed by atoms with Crippen LogP contribution < -0.4 is 9.47 Å². The van der Waals surface area contributed by atoms with Crippen molar-refractivity contribution in [2.24, 2.45) is 0 Å². The van der Waals surface area contributed by atoms with Gasteiger partial charge in [-0.25, -0.2) is 0 Å². The SMILES string of the molecule is CC(Cl)C(=O)c1ccc(OC(F)(F)F)cc1OC(F)(F)F. The lowest BCUT2D eigenvalue weighted by atomic mass is 10.1. The van der Waals surface area contributed by atoms with Crippen LogP contribution in [0, 0.1) is 0 Å².